The van der Waals surface area contributed by atoms with Gasteiger partial charge in [-0.2, -0.15) is 0 Å². The largest absolute Gasteiger partial charge is 0.493 e. The van der Waals surface area contributed by atoms with E-state index < -0.39 is 0 Å². The predicted octanol–water partition coefficient (Wildman–Crippen LogP) is 3.27. The van der Waals surface area contributed by atoms with Gasteiger partial charge in [0.25, 0.3) is 0 Å². The van der Waals surface area contributed by atoms with Gasteiger partial charge < -0.3 is 18.9 Å². The lowest BCUT2D eigenvalue weighted by molar-refractivity contribution is -0.119. The van der Waals surface area contributed by atoms with Gasteiger partial charge in [0.15, 0.2) is 11.5 Å². The summed E-state index contributed by atoms with van der Waals surface area (Å²) in [5, 5.41) is 10.7. The van der Waals surface area contributed by atoms with E-state index in [1.54, 1.807) is 19.2 Å². The van der Waals surface area contributed by atoms with Crippen molar-refractivity contribution >= 4 is 5.84 Å². The average molecular weight is 483 g/mol. The van der Waals surface area contributed by atoms with Gasteiger partial charge in [-0.25, -0.2) is 5.84 Å². The predicted molar refractivity (Wildman–Crippen MR) is 136 cm³/mol. The van der Waals surface area contributed by atoms with Crippen LogP contribution < -0.4 is 15.3 Å². The van der Waals surface area contributed by atoms with Crippen LogP contribution in [0.3, 0.4) is 0 Å². The zero-order valence-electron chi connectivity index (χ0n) is 20.8. The smallest absolute Gasteiger partial charge is 0.165 e. The molecule has 0 amide bonds. The fourth-order valence-electron chi connectivity index (χ4n) is 5.14. The first kappa shape index (κ1) is 25.4. The van der Waals surface area contributed by atoms with Crippen LogP contribution >= 0.6 is 0 Å². The highest BCUT2D eigenvalue weighted by molar-refractivity contribution is 5.86. The molecule has 0 aromatic heterocycles. The maximum Gasteiger partial charge on any atom is 0.165 e. The molecule has 190 valence electrons. The second-order valence-corrected chi connectivity index (χ2v) is 9.16. The number of piperidine rings is 1. The molecule has 2 fully saturated rings. The van der Waals surface area contributed by atoms with Gasteiger partial charge in [-0.15, -0.1) is 0 Å². The molecule has 0 spiro atoms. The summed E-state index contributed by atoms with van der Waals surface area (Å²) in [7, 11) is 3.28. The minimum Gasteiger partial charge on any atom is -0.493 e. The SMILES string of the molecule is COc1cccc(C(C(=N)N(N)CCc2ccccc2)N2CCC(C3COCCO3)CC2)c1OC. The first-order valence-electron chi connectivity index (χ1n) is 12.4. The Balaban J connectivity index is 1.54. The molecule has 2 atom stereocenters. The molecule has 2 aromatic rings. The molecule has 4 rings (SSSR count). The fraction of sp³-hybridized carbons (Fsp3) is 0.519. The zero-order valence-corrected chi connectivity index (χ0v) is 20.8. The van der Waals surface area contributed by atoms with Crippen molar-refractivity contribution in [2.75, 3.05) is 53.7 Å². The lowest BCUT2D eigenvalue weighted by Crippen LogP contribution is -2.50. The number of benzene rings is 2. The first-order chi connectivity index (χ1) is 17.1. The second-order valence-electron chi connectivity index (χ2n) is 9.16. The van der Waals surface area contributed by atoms with Gasteiger partial charge in [0.1, 0.15) is 5.84 Å². The van der Waals surface area contributed by atoms with Crippen molar-refractivity contribution < 1.29 is 18.9 Å². The Hall–Kier alpha value is -2.65. The van der Waals surface area contributed by atoms with Gasteiger partial charge >= 0.3 is 0 Å². The highest BCUT2D eigenvalue weighted by Crippen LogP contribution is 2.39. The van der Waals surface area contributed by atoms with Crippen molar-refractivity contribution in [2.45, 2.75) is 31.4 Å². The van der Waals surface area contributed by atoms with Gasteiger partial charge in [-0.3, -0.25) is 15.3 Å². The van der Waals surface area contributed by atoms with Crippen LogP contribution in [0.4, 0.5) is 0 Å². The third kappa shape index (κ3) is 6.13. The van der Waals surface area contributed by atoms with E-state index in [2.05, 4.69) is 17.0 Å². The van der Waals surface area contributed by atoms with Gasteiger partial charge in [0.2, 0.25) is 0 Å². The van der Waals surface area contributed by atoms with Crippen LogP contribution in [0.25, 0.3) is 0 Å². The van der Waals surface area contributed by atoms with E-state index in [-0.39, 0.29) is 12.1 Å². The molecule has 0 bridgehead atoms. The van der Waals surface area contributed by atoms with Crippen LogP contribution in [-0.4, -0.2) is 75.5 Å². The molecule has 2 saturated heterocycles. The highest BCUT2D eigenvalue weighted by Gasteiger charge is 2.36. The Bertz CT molecular complexity index is 943. The average Bonchev–Trinajstić information content (AvgIpc) is 2.93. The second kappa shape index (κ2) is 12.4. The Labute approximate surface area is 208 Å². The molecule has 2 aromatic carbocycles. The molecule has 8 nitrogen and oxygen atoms in total. The number of amidine groups is 1. The number of hydrogen-bond donors (Lipinski definition) is 2. The van der Waals surface area contributed by atoms with E-state index in [9.17, 15) is 0 Å². The number of nitrogens with zero attached hydrogens (tertiary/aromatic N) is 2. The van der Waals surface area contributed by atoms with Crippen LogP contribution in [0, 0.1) is 11.3 Å². The number of methoxy groups -OCH3 is 2. The van der Waals surface area contributed by atoms with Gasteiger partial charge in [-0.05, 0) is 49.9 Å². The molecule has 2 unspecified atom stereocenters. The number of likely N-dealkylation sites (tertiary alicyclic amines) is 1. The lowest BCUT2D eigenvalue weighted by Gasteiger charge is -2.42. The van der Waals surface area contributed by atoms with Crippen molar-refractivity contribution in [3.8, 4) is 11.5 Å². The van der Waals surface area contributed by atoms with Crippen molar-refractivity contribution in [3.05, 3.63) is 59.7 Å². The van der Waals surface area contributed by atoms with Crippen molar-refractivity contribution in [1.82, 2.24) is 9.91 Å². The summed E-state index contributed by atoms with van der Waals surface area (Å²) < 4.78 is 23.0. The standard InChI is InChI=1S/C27H38N4O4/c1-32-23-10-6-9-22(26(23)33-2)25(27(28)31(29)16-11-20-7-4-3-5-8-20)30-14-12-21(13-15-30)24-19-34-17-18-35-24/h3-10,21,24-25,28H,11-19,29H2,1-2H3. The summed E-state index contributed by atoms with van der Waals surface area (Å²) in [5.41, 5.74) is 2.09. The number of ether oxygens (including phenoxy) is 4. The van der Waals surface area contributed by atoms with E-state index in [0.29, 0.717) is 49.6 Å². The number of nitrogens with two attached hydrogens (primary N) is 1. The zero-order chi connectivity index (χ0) is 24.6. The number of para-hydroxylation sites is 1. The molecular formula is C27H38N4O4. The Morgan fingerprint density at radius 3 is 2.51 bits per heavy atom. The molecule has 2 heterocycles. The lowest BCUT2D eigenvalue weighted by atomic mass is 9.89. The molecule has 0 saturated carbocycles. The molecule has 35 heavy (non-hydrogen) atoms. The first-order valence-corrected chi connectivity index (χ1v) is 12.4. The minimum absolute atomic E-state index is 0.159. The van der Waals surface area contributed by atoms with Crippen molar-refractivity contribution in [2.24, 2.45) is 11.8 Å². The van der Waals surface area contributed by atoms with Crippen LogP contribution in [-0.2, 0) is 15.9 Å². The van der Waals surface area contributed by atoms with Crippen LogP contribution in [0.1, 0.15) is 30.0 Å². The topological polar surface area (TPSA) is 93.3 Å². The fourth-order valence-corrected chi connectivity index (χ4v) is 5.14. The number of rotatable bonds is 9. The van der Waals surface area contributed by atoms with Crippen molar-refractivity contribution in [3.63, 3.8) is 0 Å². The Morgan fingerprint density at radius 2 is 1.86 bits per heavy atom. The summed E-state index contributed by atoms with van der Waals surface area (Å²) in [4.78, 5) is 2.34. The Morgan fingerprint density at radius 1 is 1.09 bits per heavy atom. The van der Waals surface area contributed by atoms with E-state index in [4.69, 9.17) is 30.2 Å². The third-order valence-corrected chi connectivity index (χ3v) is 7.09. The molecule has 0 radical (unpaired) electrons. The number of hydrazine groups is 1. The minimum atomic E-state index is -0.342. The maximum atomic E-state index is 9.16. The molecule has 0 aliphatic carbocycles. The monoisotopic (exact) mass is 482 g/mol. The van der Waals surface area contributed by atoms with E-state index in [1.165, 1.54) is 5.56 Å². The summed E-state index contributed by atoms with van der Waals surface area (Å²) in [6.45, 7) is 4.25. The van der Waals surface area contributed by atoms with Gasteiger partial charge in [-0.1, -0.05) is 42.5 Å². The molecule has 2 aliphatic rings. The Kier molecular flexibility index (Phi) is 8.98. The van der Waals surface area contributed by atoms with Crippen LogP contribution in [0.15, 0.2) is 48.5 Å². The summed E-state index contributed by atoms with van der Waals surface area (Å²) in [6, 6.07) is 15.7. The van der Waals surface area contributed by atoms with Crippen LogP contribution in [0.5, 0.6) is 11.5 Å². The van der Waals surface area contributed by atoms with Crippen LogP contribution in [0.2, 0.25) is 0 Å². The number of hydrogen-bond acceptors (Lipinski definition) is 7. The number of nitrogens with one attached hydrogen (secondary N) is 1. The molecule has 2 aliphatic heterocycles. The summed E-state index contributed by atoms with van der Waals surface area (Å²) in [5.74, 6) is 8.60. The van der Waals surface area contributed by atoms with E-state index >= 15 is 0 Å². The highest BCUT2D eigenvalue weighted by atomic mass is 16.6. The summed E-state index contributed by atoms with van der Waals surface area (Å²) >= 11 is 0. The third-order valence-electron chi connectivity index (χ3n) is 7.09. The van der Waals surface area contributed by atoms with E-state index in [0.717, 1.165) is 37.9 Å². The van der Waals surface area contributed by atoms with Gasteiger partial charge in [0, 0.05) is 12.1 Å². The molecule has 3 N–H and O–H groups in total. The van der Waals surface area contributed by atoms with Crippen molar-refractivity contribution in [1.29, 1.82) is 5.41 Å². The molecule has 8 heteroatoms. The summed E-state index contributed by atoms with van der Waals surface area (Å²) in [6.07, 6.45) is 2.90. The van der Waals surface area contributed by atoms with E-state index in [1.807, 2.05) is 36.4 Å². The maximum absolute atomic E-state index is 9.16. The quantitative estimate of drug-likeness (QED) is 0.245. The molecular weight excluding hydrogens is 444 g/mol. The normalized spacial score (nSPS) is 20.3. The van der Waals surface area contributed by atoms with Gasteiger partial charge in [0.05, 0.1) is 46.2 Å².